The second kappa shape index (κ2) is 40.6. The van der Waals surface area contributed by atoms with Crippen LogP contribution in [0.2, 0.25) is 0 Å². The van der Waals surface area contributed by atoms with Crippen molar-refractivity contribution in [3.05, 3.63) is 60.8 Å². The van der Waals surface area contributed by atoms with E-state index in [1.807, 2.05) is 6.08 Å². The Bertz CT molecular complexity index is 1630. The van der Waals surface area contributed by atoms with Gasteiger partial charge in [-0.3, -0.25) is 4.79 Å². The zero-order valence-corrected chi connectivity index (χ0v) is 45.5. The highest BCUT2D eigenvalue weighted by atomic mass is 16.8. The number of carbonyl (C=O) groups is 1. The van der Waals surface area contributed by atoms with Gasteiger partial charge in [0.2, 0.25) is 5.91 Å². The third kappa shape index (κ3) is 24.9. The maximum Gasteiger partial charge on any atom is 0.220 e. The maximum absolute atomic E-state index is 13.3. The van der Waals surface area contributed by atoms with Crippen LogP contribution in [0.3, 0.4) is 0 Å². The van der Waals surface area contributed by atoms with Crippen LogP contribution in [0.1, 0.15) is 162 Å². The van der Waals surface area contributed by atoms with Crippen molar-refractivity contribution in [3.8, 4) is 0 Å². The number of amides is 1. The molecule has 3 saturated heterocycles. The Kier molecular flexibility index (Phi) is 36.2. The fraction of sp³-hybridized carbons (Fsp3) is 0.807. The smallest absolute Gasteiger partial charge is 0.220 e. The zero-order chi connectivity index (χ0) is 55.5. The second-order valence-corrected chi connectivity index (χ2v) is 20.4. The summed E-state index contributed by atoms with van der Waals surface area (Å²) in [5.74, 6) is -0.319. The summed E-state index contributed by atoms with van der Waals surface area (Å²) < 4.78 is 34.2. The van der Waals surface area contributed by atoms with Gasteiger partial charge in [-0.15, -0.1) is 0 Å². The summed E-state index contributed by atoms with van der Waals surface area (Å²) in [6.45, 7) is 1.55. The Hall–Kier alpha value is -2.51. The summed E-state index contributed by atoms with van der Waals surface area (Å²) in [6, 6.07) is -0.996. The molecule has 0 spiro atoms. The van der Waals surface area contributed by atoms with E-state index >= 15 is 0 Å². The van der Waals surface area contributed by atoms with Crippen LogP contribution >= 0.6 is 0 Å². The zero-order valence-electron chi connectivity index (χ0n) is 45.5. The number of aliphatic hydroxyl groups excluding tert-OH is 11. The van der Waals surface area contributed by atoms with Crippen LogP contribution < -0.4 is 5.32 Å². The van der Waals surface area contributed by atoms with Crippen LogP contribution in [0, 0.1) is 0 Å². The van der Waals surface area contributed by atoms with Crippen LogP contribution in [0.4, 0.5) is 0 Å². The van der Waals surface area contributed by atoms with Gasteiger partial charge >= 0.3 is 0 Å². The van der Waals surface area contributed by atoms with Crippen LogP contribution in [-0.4, -0.2) is 193 Å². The SMILES string of the molecule is CC/C=C\C/C=C\C/C=C\C/C=C\CCCCC(=O)NC(COC1OC(CO)C(OC2OC(CO)C(OC3OC(CO)C(O)C(O)C3O)C(O)C2O)C(O)C1O)C(O)/C=C/CCCCCCCCCCCCCCCC. The molecule has 3 rings (SSSR count). The first-order valence-electron chi connectivity index (χ1n) is 28.5. The molecule has 0 aromatic rings. The Morgan fingerprint density at radius 3 is 1.42 bits per heavy atom. The molecule has 17 unspecified atom stereocenters. The largest absolute Gasteiger partial charge is 0.394 e. The predicted molar refractivity (Wildman–Crippen MR) is 286 cm³/mol. The van der Waals surface area contributed by atoms with E-state index < -0.39 is 124 Å². The molecule has 17 atom stereocenters. The first kappa shape index (κ1) is 67.8. The number of carbonyl (C=O) groups excluding carboxylic acids is 1. The quantitative estimate of drug-likeness (QED) is 0.0304. The van der Waals surface area contributed by atoms with Gasteiger partial charge in [0.15, 0.2) is 18.9 Å². The van der Waals surface area contributed by atoms with E-state index in [-0.39, 0.29) is 18.9 Å². The van der Waals surface area contributed by atoms with Crippen molar-refractivity contribution >= 4 is 5.91 Å². The van der Waals surface area contributed by atoms with Gasteiger partial charge in [-0.05, 0) is 57.8 Å². The Morgan fingerprint density at radius 1 is 0.487 bits per heavy atom. The molecule has 0 aromatic heterocycles. The number of allylic oxidation sites excluding steroid dienone is 9. The Labute approximate surface area is 452 Å². The summed E-state index contributed by atoms with van der Waals surface area (Å²) in [7, 11) is 0. The number of hydrogen-bond acceptors (Lipinski definition) is 18. The lowest BCUT2D eigenvalue weighted by atomic mass is 9.96. The van der Waals surface area contributed by atoms with Crippen LogP contribution in [-0.2, 0) is 33.2 Å². The molecule has 19 nitrogen and oxygen atoms in total. The Balaban J connectivity index is 1.55. The summed E-state index contributed by atoms with van der Waals surface area (Å²) in [5.41, 5.74) is 0. The minimum Gasteiger partial charge on any atom is -0.394 e. The van der Waals surface area contributed by atoms with Crippen LogP contribution in [0.5, 0.6) is 0 Å². The van der Waals surface area contributed by atoms with E-state index in [0.717, 1.165) is 64.2 Å². The Morgan fingerprint density at radius 2 is 0.908 bits per heavy atom. The number of unbranched alkanes of at least 4 members (excludes halogenated alkanes) is 16. The summed E-state index contributed by atoms with van der Waals surface area (Å²) in [6.07, 6.45) is 17.8. The number of ether oxygens (including phenoxy) is 6. The van der Waals surface area contributed by atoms with Crippen LogP contribution in [0.25, 0.3) is 0 Å². The average molecular weight is 1090 g/mol. The fourth-order valence-electron chi connectivity index (χ4n) is 9.36. The van der Waals surface area contributed by atoms with E-state index in [1.54, 1.807) is 6.08 Å². The van der Waals surface area contributed by atoms with Crippen molar-refractivity contribution in [3.63, 3.8) is 0 Å². The van der Waals surface area contributed by atoms with Crippen molar-refractivity contribution < 1.29 is 89.4 Å². The lowest BCUT2D eigenvalue weighted by Crippen LogP contribution is -2.66. The molecule has 0 saturated carbocycles. The van der Waals surface area contributed by atoms with Crippen molar-refractivity contribution in [1.82, 2.24) is 5.32 Å². The molecule has 0 aromatic carbocycles. The maximum atomic E-state index is 13.3. The second-order valence-electron chi connectivity index (χ2n) is 20.4. The third-order valence-electron chi connectivity index (χ3n) is 14.1. The molecule has 0 bridgehead atoms. The number of rotatable bonds is 40. The molecule has 440 valence electrons. The topological polar surface area (TPSA) is 307 Å². The van der Waals surface area contributed by atoms with Crippen LogP contribution in [0.15, 0.2) is 60.8 Å². The van der Waals surface area contributed by atoms with Crippen molar-refractivity contribution in [2.75, 3.05) is 26.4 Å². The van der Waals surface area contributed by atoms with Gasteiger partial charge in [-0.1, -0.05) is 158 Å². The van der Waals surface area contributed by atoms with Crippen molar-refractivity contribution in [2.45, 2.75) is 266 Å². The number of nitrogens with one attached hydrogen (secondary N) is 1. The monoisotopic (exact) mass is 1090 g/mol. The standard InChI is InChI=1S/C57H99NO18/c1-3-5-7-9-11-13-15-17-19-21-22-24-26-28-30-32-34-41(62)40(58-45(63)35-33-31-29-27-25-23-20-18-16-14-12-10-8-6-4-2)39-71-55-51(69)48(66)53(43(37-60)73-55)76-57-52(70)49(67)54(44(38-61)74-57)75-56-50(68)47(65)46(64)42(36-59)72-56/h6,8,12,14,18,20,25,27,32,34,40-44,46-57,59-62,64-70H,3-5,7,9-11,13,15-17,19,21-24,26,28-31,33,35-39H2,1-2H3,(H,58,63)/b8-6-,14-12-,20-18-,27-25-,34-32+. The lowest BCUT2D eigenvalue weighted by molar-refractivity contribution is -0.379. The van der Waals surface area contributed by atoms with Gasteiger partial charge in [-0.25, -0.2) is 0 Å². The molecule has 3 aliphatic heterocycles. The normalized spacial score (nSPS) is 31.4. The van der Waals surface area contributed by atoms with E-state index in [4.69, 9.17) is 28.4 Å². The fourth-order valence-corrected chi connectivity index (χ4v) is 9.36. The average Bonchev–Trinajstić information content (AvgIpc) is 3.41. The van der Waals surface area contributed by atoms with E-state index in [1.165, 1.54) is 70.6 Å². The van der Waals surface area contributed by atoms with Crippen molar-refractivity contribution in [1.29, 1.82) is 0 Å². The van der Waals surface area contributed by atoms with Gasteiger partial charge in [0.1, 0.15) is 73.2 Å². The van der Waals surface area contributed by atoms with E-state index in [2.05, 4.69) is 67.8 Å². The van der Waals surface area contributed by atoms with Gasteiger partial charge in [0.25, 0.3) is 0 Å². The predicted octanol–water partition coefficient (Wildman–Crippen LogP) is 4.09. The minimum atomic E-state index is -1.98. The van der Waals surface area contributed by atoms with Gasteiger partial charge in [0.05, 0.1) is 38.6 Å². The molecule has 12 N–H and O–H groups in total. The molecule has 1 amide bonds. The molecular weight excluding hydrogens is 987 g/mol. The first-order chi connectivity index (χ1) is 36.8. The third-order valence-corrected chi connectivity index (χ3v) is 14.1. The summed E-state index contributed by atoms with van der Waals surface area (Å²) >= 11 is 0. The highest BCUT2D eigenvalue weighted by Gasteiger charge is 2.53. The molecular formula is C57H99NO18. The number of aliphatic hydroxyl groups is 11. The molecule has 76 heavy (non-hydrogen) atoms. The first-order valence-corrected chi connectivity index (χ1v) is 28.5. The van der Waals surface area contributed by atoms with Gasteiger partial charge in [-0.2, -0.15) is 0 Å². The molecule has 3 fully saturated rings. The highest BCUT2D eigenvalue weighted by Crippen LogP contribution is 2.33. The van der Waals surface area contributed by atoms with E-state index in [0.29, 0.717) is 6.42 Å². The molecule has 0 radical (unpaired) electrons. The lowest BCUT2D eigenvalue weighted by Gasteiger charge is -2.48. The molecule has 3 heterocycles. The number of hydrogen-bond donors (Lipinski definition) is 12. The van der Waals surface area contributed by atoms with E-state index in [9.17, 15) is 61.0 Å². The minimum absolute atomic E-state index is 0.188. The van der Waals surface area contributed by atoms with Gasteiger partial charge < -0.3 is 89.9 Å². The van der Waals surface area contributed by atoms with Crippen molar-refractivity contribution in [2.24, 2.45) is 0 Å². The summed E-state index contributed by atoms with van der Waals surface area (Å²) in [4.78, 5) is 13.3. The highest BCUT2D eigenvalue weighted by molar-refractivity contribution is 5.76. The van der Waals surface area contributed by atoms with Gasteiger partial charge in [0, 0.05) is 6.42 Å². The summed E-state index contributed by atoms with van der Waals surface area (Å²) in [5, 5.41) is 120. The molecule has 19 heteroatoms. The molecule has 0 aliphatic carbocycles. The molecule has 3 aliphatic rings.